The first-order valence-corrected chi connectivity index (χ1v) is 7.31. The van der Waals surface area contributed by atoms with Gasteiger partial charge in [0.25, 0.3) is 0 Å². The SMILES string of the molecule is CCCN(CC)CCNCc1ccc(OCC#N)cc1. The van der Waals surface area contributed by atoms with E-state index in [4.69, 9.17) is 10.00 Å². The van der Waals surface area contributed by atoms with Crippen LogP contribution in [0.25, 0.3) is 0 Å². The summed E-state index contributed by atoms with van der Waals surface area (Å²) in [5.74, 6) is 0.746. The summed E-state index contributed by atoms with van der Waals surface area (Å²) in [6.07, 6.45) is 1.21. The number of benzene rings is 1. The van der Waals surface area contributed by atoms with Crippen molar-refractivity contribution in [3.05, 3.63) is 29.8 Å². The average molecular weight is 275 g/mol. The van der Waals surface area contributed by atoms with Gasteiger partial charge in [-0.3, -0.25) is 0 Å². The van der Waals surface area contributed by atoms with Crippen LogP contribution in [-0.2, 0) is 6.54 Å². The fraction of sp³-hybridized carbons (Fsp3) is 0.562. The molecule has 1 aromatic rings. The first kappa shape index (κ1) is 16.5. The molecule has 0 saturated carbocycles. The van der Waals surface area contributed by atoms with Crippen molar-refractivity contribution in [3.8, 4) is 11.8 Å². The summed E-state index contributed by atoms with van der Waals surface area (Å²) >= 11 is 0. The maximum atomic E-state index is 8.44. The Morgan fingerprint density at radius 3 is 2.55 bits per heavy atom. The Labute approximate surface area is 122 Å². The fourth-order valence-electron chi connectivity index (χ4n) is 2.03. The molecule has 0 bridgehead atoms. The van der Waals surface area contributed by atoms with Gasteiger partial charge in [-0.15, -0.1) is 0 Å². The fourth-order valence-corrected chi connectivity index (χ4v) is 2.03. The minimum atomic E-state index is 0.0991. The van der Waals surface area contributed by atoms with Crippen LogP contribution in [0.5, 0.6) is 5.75 Å². The second-order valence-electron chi connectivity index (χ2n) is 4.70. The maximum absolute atomic E-state index is 8.44. The van der Waals surface area contributed by atoms with Gasteiger partial charge in [-0.1, -0.05) is 26.0 Å². The van der Waals surface area contributed by atoms with Crippen LogP contribution in [0.3, 0.4) is 0 Å². The Kier molecular flexibility index (Phi) is 8.44. The molecule has 0 aromatic heterocycles. The van der Waals surface area contributed by atoms with E-state index in [0.29, 0.717) is 0 Å². The highest BCUT2D eigenvalue weighted by Crippen LogP contribution is 2.11. The van der Waals surface area contributed by atoms with E-state index in [1.165, 1.54) is 18.5 Å². The van der Waals surface area contributed by atoms with Crippen molar-refractivity contribution in [3.63, 3.8) is 0 Å². The van der Waals surface area contributed by atoms with Crippen LogP contribution in [0.2, 0.25) is 0 Å². The molecule has 1 rings (SSSR count). The summed E-state index contributed by atoms with van der Waals surface area (Å²) in [5.41, 5.74) is 1.23. The number of nitriles is 1. The monoisotopic (exact) mass is 275 g/mol. The van der Waals surface area contributed by atoms with Crippen molar-refractivity contribution in [2.24, 2.45) is 0 Å². The summed E-state index contributed by atoms with van der Waals surface area (Å²) in [4.78, 5) is 2.45. The highest BCUT2D eigenvalue weighted by Gasteiger charge is 2.00. The quantitative estimate of drug-likeness (QED) is 0.666. The molecule has 0 radical (unpaired) electrons. The van der Waals surface area contributed by atoms with Crippen LogP contribution in [0, 0.1) is 11.3 Å². The van der Waals surface area contributed by atoms with E-state index in [0.717, 1.165) is 31.9 Å². The number of nitrogens with zero attached hydrogens (tertiary/aromatic N) is 2. The Morgan fingerprint density at radius 1 is 1.20 bits per heavy atom. The number of hydrogen-bond donors (Lipinski definition) is 1. The standard InChI is InChI=1S/C16H25N3O/c1-3-11-19(4-2)12-10-18-14-15-5-7-16(8-6-15)20-13-9-17/h5-8,18H,3-4,10-14H2,1-2H3. The van der Waals surface area contributed by atoms with Gasteiger partial charge < -0.3 is 15.0 Å². The third-order valence-electron chi connectivity index (χ3n) is 3.15. The molecule has 0 spiro atoms. The van der Waals surface area contributed by atoms with E-state index < -0.39 is 0 Å². The Hall–Kier alpha value is -1.57. The van der Waals surface area contributed by atoms with Crippen molar-refractivity contribution in [1.82, 2.24) is 10.2 Å². The second kappa shape index (κ2) is 10.2. The van der Waals surface area contributed by atoms with Crippen molar-refractivity contribution in [2.45, 2.75) is 26.8 Å². The van der Waals surface area contributed by atoms with E-state index in [1.54, 1.807) is 0 Å². The molecule has 110 valence electrons. The number of rotatable bonds is 10. The lowest BCUT2D eigenvalue weighted by Gasteiger charge is -2.19. The zero-order chi connectivity index (χ0) is 14.6. The van der Waals surface area contributed by atoms with E-state index in [2.05, 4.69) is 24.1 Å². The molecular weight excluding hydrogens is 250 g/mol. The molecule has 0 saturated heterocycles. The van der Waals surface area contributed by atoms with Crippen molar-refractivity contribution < 1.29 is 4.74 Å². The first-order chi connectivity index (χ1) is 9.80. The molecule has 0 fully saturated rings. The molecule has 0 aliphatic carbocycles. The molecule has 4 heteroatoms. The third kappa shape index (κ3) is 6.55. The Balaban J connectivity index is 2.23. The summed E-state index contributed by atoms with van der Waals surface area (Å²) in [6.45, 7) is 9.75. The van der Waals surface area contributed by atoms with Gasteiger partial charge in [0.1, 0.15) is 11.8 Å². The molecule has 20 heavy (non-hydrogen) atoms. The van der Waals surface area contributed by atoms with E-state index in [1.807, 2.05) is 30.3 Å². The predicted octanol–water partition coefficient (Wildman–Crippen LogP) is 2.41. The zero-order valence-corrected chi connectivity index (χ0v) is 12.6. The third-order valence-corrected chi connectivity index (χ3v) is 3.15. The van der Waals surface area contributed by atoms with Gasteiger partial charge in [0, 0.05) is 19.6 Å². The van der Waals surface area contributed by atoms with Crippen LogP contribution in [0.1, 0.15) is 25.8 Å². The summed E-state index contributed by atoms with van der Waals surface area (Å²) < 4.78 is 5.22. The van der Waals surface area contributed by atoms with Gasteiger partial charge >= 0.3 is 0 Å². The molecule has 0 unspecified atom stereocenters. The topological polar surface area (TPSA) is 48.3 Å². The number of nitrogens with one attached hydrogen (secondary N) is 1. The van der Waals surface area contributed by atoms with Crippen LogP contribution in [0.15, 0.2) is 24.3 Å². The van der Waals surface area contributed by atoms with Gasteiger partial charge in [-0.25, -0.2) is 0 Å². The lowest BCUT2D eigenvalue weighted by atomic mass is 10.2. The molecule has 0 aliphatic rings. The molecule has 0 amide bonds. The van der Waals surface area contributed by atoms with Crippen molar-refractivity contribution in [2.75, 3.05) is 32.8 Å². The predicted molar refractivity (Wildman–Crippen MR) is 81.7 cm³/mol. The minimum absolute atomic E-state index is 0.0991. The number of hydrogen-bond acceptors (Lipinski definition) is 4. The van der Waals surface area contributed by atoms with Crippen LogP contribution >= 0.6 is 0 Å². The Morgan fingerprint density at radius 2 is 1.95 bits per heavy atom. The lowest BCUT2D eigenvalue weighted by molar-refractivity contribution is 0.287. The van der Waals surface area contributed by atoms with Gasteiger partial charge in [0.2, 0.25) is 0 Å². The van der Waals surface area contributed by atoms with E-state index in [9.17, 15) is 0 Å². The van der Waals surface area contributed by atoms with Crippen molar-refractivity contribution >= 4 is 0 Å². The summed E-state index contributed by atoms with van der Waals surface area (Å²) in [7, 11) is 0. The van der Waals surface area contributed by atoms with Crippen LogP contribution in [0.4, 0.5) is 0 Å². The highest BCUT2D eigenvalue weighted by molar-refractivity contribution is 5.27. The molecule has 1 N–H and O–H groups in total. The van der Waals surface area contributed by atoms with E-state index >= 15 is 0 Å². The number of ether oxygens (including phenoxy) is 1. The largest absolute Gasteiger partial charge is 0.479 e. The molecular formula is C16H25N3O. The molecule has 0 aliphatic heterocycles. The second-order valence-corrected chi connectivity index (χ2v) is 4.70. The average Bonchev–Trinajstić information content (AvgIpc) is 2.49. The van der Waals surface area contributed by atoms with Gasteiger partial charge in [-0.2, -0.15) is 5.26 Å². The van der Waals surface area contributed by atoms with Crippen molar-refractivity contribution in [1.29, 1.82) is 5.26 Å². The van der Waals surface area contributed by atoms with Gasteiger partial charge in [0.05, 0.1) is 0 Å². The van der Waals surface area contributed by atoms with Gasteiger partial charge in [-0.05, 0) is 37.2 Å². The number of likely N-dealkylation sites (N-methyl/N-ethyl adjacent to an activating group) is 1. The van der Waals surface area contributed by atoms with Crippen LogP contribution in [-0.4, -0.2) is 37.7 Å². The minimum Gasteiger partial charge on any atom is -0.479 e. The summed E-state index contributed by atoms with van der Waals surface area (Å²) in [5, 5.41) is 11.9. The molecule has 1 aromatic carbocycles. The highest BCUT2D eigenvalue weighted by atomic mass is 16.5. The molecule has 0 heterocycles. The maximum Gasteiger partial charge on any atom is 0.174 e. The van der Waals surface area contributed by atoms with Gasteiger partial charge in [0.15, 0.2) is 6.61 Å². The van der Waals surface area contributed by atoms with E-state index in [-0.39, 0.29) is 6.61 Å². The normalized spacial score (nSPS) is 10.5. The summed E-state index contributed by atoms with van der Waals surface area (Å²) in [6, 6.07) is 9.84. The Bertz CT molecular complexity index is 397. The lowest BCUT2D eigenvalue weighted by Crippen LogP contribution is -2.32. The first-order valence-electron chi connectivity index (χ1n) is 7.31. The molecule has 0 atom stereocenters. The van der Waals surface area contributed by atoms with Crippen LogP contribution < -0.4 is 10.1 Å². The molecule has 4 nitrogen and oxygen atoms in total. The zero-order valence-electron chi connectivity index (χ0n) is 12.6. The smallest absolute Gasteiger partial charge is 0.174 e.